The highest BCUT2D eigenvalue weighted by molar-refractivity contribution is 7.98. The third-order valence-corrected chi connectivity index (χ3v) is 13.8. The van der Waals surface area contributed by atoms with Crippen LogP contribution in [-0.4, -0.2) is 152 Å². The third kappa shape index (κ3) is 15.0. The maximum atomic E-state index is 13.4. The fraction of sp³-hybridized carbons (Fsp3) is 0.362. The summed E-state index contributed by atoms with van der Waals surface area (Å²) in [6, 6.07) is 13.2. The average molecular weight is 1040 g/mol. The van der Waals surface area contributed by atoms with Gasteiger partial charge in [-0.1, -0.05) is 52.4 Å². The van der Waals surface area contributed by atoms with E-state index in [0.717, 1.165) is 32.2 Å². The summed E-state index contributed by atoms with van der Waals surface area (Å²) in [5.41, 5.74) is 3.35. The number of benzene rings is 2. The predicted molar refractivity (Wildman–Crippen MR) is 281 cm³/mol. The Hall–Kier alpha value is -6.50. The van der Waals surface area contributed by atoms with E-state index in [-0.39, 0.29) is 56.5 Å². The highest BCUT2D eigenvalue weighted by Crippen LogP contribution is 2.34. The van der Waals surface area contributed by atoms with Crippen LogP contribution in [0, 0.1) is 13.8 Å². The topological polar surface area (TPSA) is 233 Å². The van der Waals surface area contributed by atoms with Crippen molar-refractivity contribution in [1.29, 1.82) is 0 Å². The second-order valence-corrected chi connectivity index (χ2v) is 19.3. The van der Waals surface area contributed by atoms with Crippen LogP contribution < -0.4 is 36.4 Å². The number of thiazole rings is 2. The molecule has 7 rings (SSSR count). The van der Waals surface area contributed by atoms with Gasteiger partial charge >= 0.3 is 0 Å². The maximum absolute atomic E-state index is 13.4. The lowest BCUT2D eigenvalue weighted by atomic mass is 10.1. The van der Waals surface area contributed by atoms with E-state index in [1.54, 1.807) is 41.6 Å². The van der Waals surface area contributed by atoms with Crippen molar-refractivity contribution in [3.8, 4) is 0 Å². The number of thioether (sulfide) groups is 1. The molecule has 1 fully saturated rings. The molecule has 20 nitrogen and oxygen atoms in total. The highest BCUT2D eigenvalue weighted by Gasteiger charge is 2.23. The van der Waals surface area contributed by atoms with Gasteiger partial charge in [-0.25, -0.2) is 19.9 Å². The van der Waals surface area contributed by atoms with Crippen LogP contribution in [0.5, 0.6) is 0 Å². The molecule has 0 radical (unpaired) electrons. The fourth-order valence-electron chi connectivity index (χ4n) is 7.44. The Labute approximate surface area is 428 Å². The zero-order chi connectivity index (χ0) is 50.1. The number of nitrogens with one attached hydrogen (secondary N) is 5. The van der Waals surface area contributed by atoms with Crippen molar-refractivity contribution in [3.05, 3.63) is 98.3 Å². The largest absolute Gasteiger partial charge is 0.386 e. The number of amides is 4. The number of halogens is 1. The lowest BCUT2D eigenvalue weighted by Crippen LogP contribution is -2.50. The normalized spacial score (nSPS) is 12.8. The van der Waals surface area contributed by atoms with Gasteiger partial charge in [0.25, 0.3) is 17.7 Å². The molecular formula is C47H55ClN14O6S3. The fourth-order valence-corrected chi connectivity index (χ4v) is 9.62. The summed E-state index contributed by atoms with van der Waals surface area (Å²) in [5, 5.41) is 23.3. The van der Waals surface area contributed by atoms with E-state index in [4.69, 9.17) is 21.2 Å². The lowest BCUT2D eigenvalue weighted by Gasteiger charge is -2.35. The SMILES string of the molecule is CSc1cccc2c(N(C)C/C=N/OCC(=O)NCCOCCNC(=O)CN3CCN(c4cc(Nc5ncc(C(=O)Nc6c(C)cccc6Cl)s5)nc(C)n4)CC3)c(C(=O)NCCc3nccs3)cnc12. The van der Waals surface area contributed by atoms with E-state index in [9.17, 15) is 19.2 Å². The van der Waals surface area contributed by atoms with Gasteiger partial charge in [-0.05, 0) is 37.8 Å². The van der Waals surface area contributed by atoms with E-state index in [1.807, 2.05) is 73.8 Å². The Morgan fingerprint density at radius 3 is 2.48 bits per heavy atom. The number of hydrogen-bond acceptors (Lipinski definition) is 19. The number of ether oxygens (including phenoxy) is 1. The van der Waals surface area contributed by atoms with Gasteiger partial charge in [0.15, 0.2) is 11.7 Å². The van der Waals surface area contributed by atoms with Crippen LogP contribution in [0.3, 0.4) is 0 Å². The zero-order valence-electron chi connectivity index (χ0n) is 39.7. The number of hydrogen-bond donors (Lipinski definition) is 5. The summed E-state index contributed by atoms with van der Waals surface area (Å²) < 4.78 is 5.60. The van der Waals surface area contributed by atoms with Crippen LogP contribution in [0.2, 0.25) is 5.02 Å². The van der Waals surface area contributed by atoms with Gasteiger partial charge in [-0.15, -0.1) is 23.1 Å². The summed E-state index contributed by atoms with van der Waals surface area (Å²) in [6.45, 7) is 8.17. The lowest BCUT2D eigenvalue weighted by molar-refractivity contribution is -0.125. The molecule has 4 aromatic heterocycles. The molecule has 1 aliphatic heterocycles. The number of anilines is 5. The van der Waals surface area contributed by atoms with Crippen LogP contribution in [0.1, 0.15) is 36.4 Å². The second kappa shape index (κ2) is 26.1. The highest BCUT2D eigenvalue weighted by atomic mass is 35.5. The summed E-state index contributed by atoms with van der Waals surface area (Å²) in [5.74, 6) is 0.863. The molecule has 4 amide bonds. The number of fused-ring (bicyclic) bond motifs is 1. The van der Waals surface area contributed by atoms with Crippen LogP contribution in [0.15, 0.2) is 76.5 Å². The van der Waals surface area contributed by atoms with Crippen LogP contribution in [-0.2, 0) is 25.6 Å². The molecule has 5 N–H and O–H groups in total. The number of nitrogens with zero attached hydrogens (tertiary/aromatic N) is 9. The molecule has 5 heterocycles. The molecule has 1 aliphatic rings. The monoisotopic (exact) mass is 1040 g/mol. The smallest absolute Gasteiger partial charge is 0.267 e. The summed E-state index contributed by atoms with van der Waals surface area (Å²) in [7, 11) is 1.86. The molecule has 71 heavy (non-hydrogen) atoms. The first kappa shape index (κ1) is 52.3. The van der Waals surface area contributed by atoms with E-state index in [2.05, 4.69) is 66.5 Å². The quantitative estimate of drug-likeness (QED) is 0.0221. The molecule has 0 unspecified atom stereocenters. The molecule has 6 aromatic rings. The van der Waals surface area contributed by atoms with Gasteiger partial charge in [0.1, 0.15) is 22.3 Å². The zero-order valence-corrected chi connectivity index (χ0v) is 42.9. The van der Waals surface area contributed by atoms with Gasteiger partial charge in [0, 0.05) is 93.4 Å². The number of oxime groups is 1. The molecule has 0 atom stereocenters. The van der Waals surface area contributed by atoms with Crippen molar-refractivity contribution in [3.63, 3.8) is 0 Å². The molecule has 0 saturated carbocycles. The van der Waals surface area contributed by atoms with Gasteiger partial charge in [-0.3, -0.25) is 29.1 Å². The molecule has 24 heteroatoms. The summed E-state index contributed by atoms with van der Waals surface area (Å²) in [4.78, 5) is 86.7. The van der Waals surface area contributed by atoms with Crippen molar-refractivity contribution in [1.82, 2.24) is 45.8 Å². The minimum atomic E-state index is -0.362. The molecule has 374 valence electrons. The van der Waals surface area contributed by atoms with Gasteiger partial charge in [-0.2, -0.15) is 0 Å². The first-order valence-electron chi connectivity index (χ1n) is 22.7. The van der Waals surface area contributed by atoms with Crippen LogP contribution in [0.25, 0.3) is 10.9 Å². The van der Waals surface area contributed by atoms with Crippen molar-refractivity contribution in [2.24, 2.45) is 5.16 Å². The minimum absolute atomic E-state index is 0.106. The van der Waals surface area contributed by atoms with Gasteiger partial charge in [0.05, 0.1) is 71.2 Å². The summed E-state index contributed by atoms with van der Waals surface area (Å²) >= 11 is 10.6. The summed E-state index contributed by atoms with van der Waals surface area (Å²) in [6.07, 6.45) is 9.00. The Morgan fingerprint density at radius 2 is 1.72 bits per heavy atom. The van der Waals surface area contributed by atoms with Crippen molar-refractivity contribution >= 4 is 115 Å². The molecule has 1 saturated heterocycles. The standard InChI is InChI=1S/C47H55ClN14O6S3/c1-30-7-5-9-34(48)42(30)59-46(66)36-27-54-47(71-36)58-37-25-38(57-31(2)56-37)62-20-18-61(19-21-62)28-39(63)49-14-22-67-23-15-50-40(64)29-68-55-13-17-60(3)44-32-8-6-10-35(69-4)43(32)53-26-33(44)45(65)52-12-11-41-51-16-24-70-41/h5-10,13,16,24-27H,11-12,14-15,17-23,28-29H2,1-4H3,(H,49,63)(H,50,64)(H,52,65)(H,59,66)(H,54,56,57,58)/b55-13+. The van der Waals surface area contributed by atoms with Gasteiger partial charge < -0.3 is 46.0 Å². The van der Waals surface area contributed by atoms with Crippen LogP contribution >= 0.6 is 46.0 Å². The van der Waals surface area contributed by atoms with E-state index < -0.39 is 0 Å². The first-order valence-corrected chi connectivity index (χ1v) is 26.0. The number of aryl methyl sites for hydroxylation is 2. The number of piperazine rings is 1. The third-order valence-electron chi connectivity index (χ3n) is 10.9. The predicted octanol–water partition coefficient (Wildman–Crippen LogP) is 5.41. The number of para-hydroxylation sites is 2. The number of carbonyl (C=O) groups excluding carboxylic acids is 4. The van der Waals surface area contributed by atoms with Crippen LogP contribution in [0.4, 0.5) is 28.1 Å². The Kier molecular flexibility index (Phi) is 19.2. The maximum Gasteiger partial charge on any atom is 0.267 e. The molecule has 0 bridgehead atoms. The van der Waals surface area contributed by atoms with E-state index in [0.29, 0.717) is 95.8 Å². The molecular weight excluding hydrogens is 988 g/mol. The molecule has 2 aromatic carbocycles. The minimum Gasteiger partial charge on any atom is -0.386 e. The number of carbonyl (C=O) groups is 4. The van der Waals surface area contributed by atoms with E-state index in [1.165, 1.54) is 23.7 Å². The Bertz CT molecular complexity index is 2790. The van der Waals surface area contributed by atoms with E-state index >= 15 is 0 Å². The Balaban J connectivity index is 0.752. The van der Waals surface area contributed by atoms with Crippen molar-refractivity contribution in [2.45, 2.75) is 25.2 Å². The van der Waals surface area contributed by atoms with Gasteiger partial charge in [0.2, 0.25) is 5.91 Å². The number of aromatic nitrogens is 5. The molecule has 0 spiro atoms. The first-order chi connectivity index (χ1) is 34.4. The number of pyridine rings is 1. The van der Waals surface area contributed by atoms with Crippen molar-refractivity contribution in [2.75, 3.05) is 112 Å². The average Bonchev–Trinajstić information content (AvgIpc) is 4.07. The number of rotatable bonds is 24. The molecule has 0 aliphatic carbocycles. The Morgan fingerprint density at radius 1 is 0.930 bits per heavy atom. The van der Waals surface area contributed by atoms with Crippen molar-refractivity contribution < 1.29 is 28.8 Å². The second-order valence-electron chi connectivity index (χ2n) is 16.0.